The number of ether oxygens (including phenoxy) is 2. The Morgan fingerprint density at radius 3 is 2.69 bits per heavy atom. The number of rotatable bonds is 8. The second kappa shape index (κ2) is 8.31. The first-order valence-electron chi connectivity index (χ1n) is 10.1. The Kier molecular flexibility index (Phi) is 5.60. The molecule has 0 radical (unpaired) electrons. The zero-order chi connectivity index (χ0) is 20.4. The van der Waals surface area contributed by atoms with Gasteiger partial charge < -0.3 is 19.0 Å². The van der Waals surface area contributed by atoms with Crippen LogP contribution in [0.1, 0.15) is 50.2 Å². The summed E-state index contributed by atoms with van der Waals surface area (Å²) in [5, 5.41) is 6.23. The van der Waals surface area contributed by atoms with Crippen molar-refractivity contribution in [3.05, 3.63) is 41.3 Å². The van der Waals surface area contributed by atoms with E-state index in [9.17, 15) is 0 Å². The molecule has 0 amide bonds. The van der Waals surface area contributed by atoms with Gasteiger partial charge in [0.05, 0.1) is 24.4 Å². The Hall–Kier alpha value is -2.77. The number of aryl methyl sites for hydroxylation is 1. The lowest BCUT2D eigenvalue weighted by atomic mass is 9.97. The maximum atomic E-state index is 6.03. The molecule has 0 aliphatic heterocycles. The van der Waals surface area contributed by atoms with Crippen molar-refractivity contribution in [1.82, 2.24) is 20.1 Å². The number of methoxy groups -OCH3 is 1. The van der Waals surface area contributed by atoms with Crippen LogP contribution in [0.5, 0.6) is 0 Å². The maximum absolute atomic E-state index is 6.03. The summed E-state index contributed by atoms with van der Waals surface area (Å²) in [7, 11) is 1.68. The molecule has 1 atom stereocenters. The summed E-state index contributed by atoms with van der Waals surface area (Å²) in [5.74, 6) is 1.08. The van der Waals surface area contributed by atoms with Gasteiger partial charge in [0.15, 0.2) is 5.82 Å². The second-order valence-electron chi connectivity index (χ2n) is 6.92. The lowest BCUT2D eigenvalue weighted by Crippen LogP contribution is -2.04. The monoisotopic (exact) mass is 394 g/mol. The van der Waals surface area contributed by atoms with Crippen molar-refractivity contribution in [2.75, 3.05) is 13.7 Å². The van der Waals surface area contributed by atoms with Crippen molar-refractivity contribution in [2.24, 2.45) is 0 Å². The van der Waals surface area contributed by atoms with Crippen LogP contribution in [-0.2, 0) is 22.5 Å². The Labute approximate surface area is 169 Å². The highest BCUT2D eigenvalue weighted by molar-refractivity contribution is 6.11. The molecule has 3 aromatic heterocycles. The third-order valence-corrected chi connectivity index (χ3v) is 5.16. The smallest absolute Gasteiger partial charge is 0.276 e. The van der Waals surface area contributed by atoms with E-state index in [1.54, 1.807) is 7.11 Å². The van der Waals surface area contributed by atoms with E-state index in [0.29, 0.717) is 37.0 Å². The summed E-state index contributed by atoms with van der Waals surface area (Å²) in [6.07, 6.45) is 3.44. The van der Waals surface area contributed by atoms with Crippen molar-refractivity contribution in [3.8, 4) is 11.6 Å². The third kappa shape index (κ3) is 3.41. The minimum absolute atomic E-state index is 0.0183. The van der Waals surface area contributed by atoms with E-state index in [1.165, 1.54) is 0 Å². The van der Waals surface area contributed by atoms with Gasteiger partial charge in [-0.1, -0.05) is 31.1 Å². The van der Waals surface area contributed by atoms with Crippen LogP contribution in [0.4, 0.5) is 0 Å². The molecular formula is C22H26N4O3. The van der Waals surface area contributed by atoms with E-state index < -0.39 is 0 Å². The van der Waals surface area contributed by atoms with Crippen LogP contribution in [0.15, 0.2) is 28.9 Å². The molecule has 0 aliphatic rings. The molecule has 152 valence electrons. The van der Waals surface area contributed by atoms with Gasteiger partial charge in [-0.15, -0.1) is 0 Å². The van der Waals surface area contributed by atoms with Gasteiger partial charge in [-0.05, 0) is 25.0 Å². The van der Waals surface area contributed by atoms with Crippen molar-refractivity contribution in [3.63, 3.8) is 0 Å². The molecule has 4 rings (SSSR count). The first-order chi connectivity index (χ1) is 14.2. The van der Waals surface area contributed by atoms with Crippen molar-refractivity contribution in [2.45, 2.75) is 46.3 Å². The molecular weight excluding hydrogens is 368 g/mol. The topological polar surface area (TPSA) is 86.1 Å². The zero-order valence-corrected chi connectivity index (χ0v) is 17.3. The average molecular weight is 394 g/mol. The first-order valence-corrected chi connectivity index (χ1v) is 10.1. The van der Waals surface area contributed by atoms with E-state index >= 15 is 0 Å². The summed E-state index contributed by atoms with van der Waals surface area (Å²) in [6.45, 7) is 7.21. The molecule has 1 unspecified atom stereocenters. The number of hydrogen-bond donors (Lipinski definition) is 1. The summed E-state index contributed by atoms with van der Waals surface area (Å²) in [4.78, 5) is 12.6. The largest absolute Gasteiger partial charge is 0.380 e. The molecule has 0 saturated carbocycles. The summed E-state index contributed by atoms with van der Waals surface area (Å²) in [5.41, 5.74) is 4.75. The Bertz CT molecular complexity index is 1130. The minimum atomic E-state index is 0.0183. The summed E-state index contributed by atoms with van der Waals surface area (Å²) in [6, 6.07) is 6.28. The van der Waals surface area contributed by atoms with Crippen LogP contribution in [0.3, 0.4) is 0 Å². The number of aromatic nitrogens is 4. The third-order valence-electron chi connectivity index (χ3n) is 5.16. The summed E-state index contributed by atoms with van der Waals surface area (Å²) >= 11 is 0. The van der Waals surface area contributed by atoms with Gasteiger partial charge in [-0.3, -0.25) is 0 Å². The highest BCUT2D eigenvalue weighted by Gasteiger charge is 2.23. The van der Waals surface area contributed by atoms with Crippen molar-refractivity contribution in [1.29, 1.82) is 0 Å². The van der Waals surface area contributed by atoms with Crippen LogP contribution in [-0.4, -0.2) is 33.8 Å². The molecule has 4 aromatic rings. The number of H-pyrrole nitrogens is 1. The number of nitrogens with one attached hydrogen (secondary N) is 1. The average Bonchev–Trinajstić information content (AvgIpc) is 3.36. The van der Waals surface area contributed by atoms with Crippen LogP contribution in [0.25, 0.3) is 33.4 Å². The van der Waals surface area contributed by atoms with Crippen molar-refractivity contribution < 1.29 is 14.0 Å². The molecule has 7 nitrogen and oxygen atoms in total. The molecule has 7 heteroatoms. The second-order valence-corrected chi connectivity index (χ2v) is 6.92. The lowest BCUT2D eigenvalue weighted by molar-refractivity contribution is 0.0609. The predicted molar refractivity (Wildman–Crippen MR) is 112 cm³/mol. The fourth-order valence-electron chi connectivity index (χ4n) is 3.89. The maximum Gasteiger partial charge on any atom is 0.276 e. The van der Waals surface area contributed by atoms with E-state index in [4.69, 9.17) is 14.0 Å². The Morgan fingerprint density at radius 1 is 1.14 bits per heavy atom. The standard InChI is InChI=1S/C22H26N4O3/c1-5-17(28-7-3)13-9-8-10-15-19(13)20-14(12-27-4)21(23-11-16(20)24-15)22-25-18(6-2)26-29-22/h8-11,17,24H,5-7,12H2,1-4H3. The minimum Gasteiger partial charge on any atom is -0.380 e. The number of pyridine rings is 1. The fraction of sp³-hybridized carbons (Fsp3) is 0.409. The zero-order valence-electron chi connectivity index (χ0n) is 17.3. The Morgan fingerprint density at radius 2 is 2.00 bits per heavy atom. The molecule has 0 aliphatic carbocycles. The molecule has 3 heterocycles. The van der Waals surface area contributed by atoms with Gasteiger partial charge in [-0.2, -0.15) is 4.98 Å². The van der Waals surface area contributed by atoms with Gasteiger partial charge in [0.2, 0.25) is 0 Å². The molecule has 0 fully saturated rings. The van der Waals surface area contributed by atoms with E-state index in [-0.39, 0.29) is 6.10 Å². The molecule has 0 saturated heterocycles. The molecule has 29 heavy (non-hydrogen) atoms. The van der Waals surface area contributed by atoms with Crippen LogP contribution < -0.4 is 0 Å². The molecule has 1 aromatic carbocycles. The van der Waals surface area contributed by atoms with Crippen molar-refractivity contribution >= 4 is 21.8 Å². The number of nitrogens with zero attached hydrogens (tertiary/aromatic N) is 3. The highest BCUT2D eigenvalue weighted by Crippen LogP contribution is 2.38. The van der Waals surface area contributed by atoms with Gasteiger partial charge in [-0.25, -0.2) is 4.98 Å². The number of benzene rings is 1. The van der Waals surface area contributed by atoms with Gasteiger partial charge in [0.1, 0.15) is 5.69 Å². The molecule has 1 N–H and O–H groups in total. The Balaban J connectivity index is 2.03. The number of hydrogen-bond acceptors (Lipinski definition) is 6. The lowest BCUT2D eigenvalue weighted by Gasteiger charge is -2.17. The van der Waals surface area contributed by atoms with Crippen LogP contribution >= 0.6 is 0 Å². The van der Waals surface area contributed by atoms with E-state index in [0.717, 1.165) is 39.4 Å². The van der Waals surface area contributed by atoms with Crippen LogP contribution in [0, 0.1) is 0 Å². The normalized spacial score (nSPS) is 12.8. The van der Waals surface area contributed by atoms with Gasteiger partial charge >= 0.3 is 0 Å². The fourth-order valence-corrected chi connectivity index (χ4v) is 3.89. The summed E-state index contributed by atoms with van der Waals surface area (Å²) < 4.78 is 17.1. The highest BCUT2D eigenvalue weighted by atomic mass is 16.5. The predicted octanol–water partition coefficient (Wildman–Crippen LogP) is 4.96. The number of aromatic amines is 1. The first kappa shape index (κ1) is 19.5. The van der Waals surface area contributed by atoms with E-state index in [1.807, 2.05) is 20.0 Å². The molecule has 0 bridgehead atoms. The molecule has 0 spiro atoms. The quantitative estimate of drug-likeness (QED) is 0.454. The van der Waals surface area contributed by atoms with Crippen LogP contribution in [0.2, 0.25) is 0 Å². The van der Waals surface area contributed by atoms with Gasteiger partial charge in [0, 0.05) is 42.0 Å². The van der Waals surface area contributed by atoms with Gasteiger partial charge in [0.25, 0.3) is 5.89 Å². The number of fused-ring (bicyclic) bond motifs is 3. The SMILES string of the molecule is CCOC(CC)c1cccc2[nH]c3cnc(-c4nc(CC)no4)c(COC)c3c12. The van der Waals surface area contributed by atoms with E-state index in [2.05, 4.69) is 45.2 Å².